The molecule has 0 saturated carbocycles. The topological polar surface area (TPSA) is 61.8 Å². The van der Waals surface area contributed by atoms with Gasteiger partial charge in [0.1, 0.15) is 12.4 Å². The van der Waals surface area contributed by atoms with E-state index in [1.54, 1.807) is 24.3 Å². The van der Waals surface area contributed by atoms with Gasteiger partial charge in [-0.1, -0.05) is 51.3 Å². The first-order valence-corrected chi connectivity index (χ1v) is 13.0. The molecule has 0 aromatic heterocycles. The molecule has 5 nitrogen and oxygen atoms in total. The first-order chi connectivity index (χ1) is 16.8. The molecular formula is C27H27BrCl2N2O3. The molecule has 2 N–H and O–H groups in total. The van der Waals surface area contributed by atoms with E-state index < -0.39 is 5.60 Å². The summed E-state index contributed by atoms with van der Waals surface area (Å²) in [6.45, 7) is 2.82. The van der Waals surface area contributed by atoms with Crippen molar-refractivity contribution in [3.8, 4) is 5.75 Å². The molecule has 1 fully saturated rings. The first-order valence-electron chi connectivity index (χ1n) is 11.4. The van der Waals surface area contributed by atoms with E-state index in [4.69, 9.17) is 27.9 Å². The van der Waals surface area contributed by atoms with Crippen molar-refractivity contribution in [1.29, 1.82) is 0 Å². The van der Waals surface area contributed by atoms with Gasteiger partial charge < -0.3 is 15.2 Å². The molecule has 0 radical (unpaired) electrons. The van der Waals surface area contributed by atoms with Crippen LogP contribution < -0.4 is 10.1 Å². The van der Waals surface area contributed by atoms with Crippen molar-refractivity contribution in [1.82, 2.24) is 10.2 Å². The Morgan fingerprint density at radius 2 is 1.63 bits per heavy atom. The Balaban J connectivity index is 1.30. The van der Waals surface area contributed by atoms with E-state index in [2.05, 4.69) is 32.2 Å². The molecule has 35 heavy (non-hydrogen) atoms. The Hall–Kier alpha value is -2.09. The molecule has 1 heterocycles. The lowest BCUT2D eigenvalue weighted by atomic mass is 9.91. The molecule has 8 heteroatoms. The number of halogens is 3. The number of nitrogens with one attached hydrogen (secondary N) is 1. The van der Waals surface area contributed by atoms with Crippen LogP contribution in [0.25, 0.3) is 0 Å². The third kappa shape index (κ3) is 7.45. The largest absolute Gasteiger partial charge is 0.489 e. The van der Waals surface area contributed by atoms with Crippen LogP contribution in [0.2, 0.25) is 10.0 Å². The SMILES string of the molecule is O=C(NCC1(O)CCN(Cc2cc(Br)ccc2OCc2ccc(Cl)cc2)CC1)c1ccc(Cl)cc1. The zero-order valence-corrected chi connectivity index (χ0v) is 22.2. The predicted molar refractivity (Wildman–Crippen MR) is 143 cm³/mol. The molecule has 3 aromatic carbocycles. The smallest absolute Gasteiger partial charge is 0.251 e. The third-order valence-electron chi connectivity index (χ3n) is 6.20. The maximum absolute atomic E-state index is 12.4. The van der Waals surface area contributed by atoms with Crippen LogP contribution in [0.1, 0.15) is 34.3 Å². The van der Waals surface area contributed by atoms with E-state index in [0.717, 1.165) is 34.4 Å². The van der Waals surface area contributed by atoms with Crippen LogP contribution in [0, 0.1) is 0 Å². The number of ether oxygens (including phenoxy) is 1. The van der Waals surface area contributed by atoms with Gasteiger partial charge in [-0.3, -0.25) is 9.69 Å². The summed E-state index contributed by atoms with van der Waals surface area (Å²) in [7, 11) is 0. The van der Waals surface area contributed by atoms with Crippen molar-refractivity contribution in [2.45, 2.75) is 31.6 Å². The lowest BCUT2D eigenvalue weighted by molar-refractivity contribution is -0.0209. The number of likely N-dealkylation sites (tertiary alicyclic amines) is 1. The quantitative estimate of drug-likeness (QED) is 0.340. The Bertz CT molecular complexity index is 1150. The van der Waals surface area contributed by atoms with Gasteiger partial charge in [0.15, 0.2) is 0 Å². The van der Waals surface area contributed by atoms with Gasteiger partial charge in [-0.05, 0) is 73.0 Å². The minimum atomic E-state index is -0.927. The van der Waals surface area contributed by atoms with Gasteiger partial charge in [0.2, 0.25) is 0 Å². The second-order valence-electron chi connectivity index (χ2n) is 8.86. The first kappa shape index (κ1) is 26.0. The molecule has 1 aliphatic heterocycles. The highest BCUT2D eigenvalue weighted by molar-refractivity contribution is 9.10. The van der Waals surface area contributed by atoms with E-state index in [0.29, 0.717) is 41.6 Å². The summed E-state index contributed by atoms with van der Waals surface area (Å²) in [6.07, 6.45) is 1.14. The maximum atomic E-state index is 12.4. The molecule has 0 aliphatic carbocycles. The van der Waals surface area contributed by atoms with Crippen molar-refractivity contribution in [3.63, 3.8) is 0 Å². The number of nitrogens with zero attached hydrogens (tertiary/aromatic N) is 1. The number of piperidine rings is 1. The normalized spacial score (nSPS) is 15.5. The summed E-state index contributed by atoms with van der Waals surface area (Å²) in [4.78, 5) is 14.7. The fourth-order valence-corrected chi connectivity index (χ4v) is 4.71. The monoisotopic (exact) mass is 576 g/mol. The summed E-state index contributed by atoms with van der Waals surface area (Å²) in [5.41, 5.74) is 1.72. The minimum Gasteiger partial charge on any atom is -0.489 e. The predicted octanol–water partition coefficient (Wildman–Crippen LogP) is 6.09. The van der Waals surface area contributed by atoms with Crippen LogP contribution in [0.4, 0.5) is 0 Å². The van der Waals surface area contributed by atoms with Crippen molar-refractivity contribution in [2.75, 3.05) is 19.6 Å². The number of carbonyl (C=O) groups is 1. The Labute approximate surface area is 224 Å². The van der Waals surface area contributed by atoms with Crippen LogP contribution in [0.5, 0.6) is 5.75 Å². The lowest BCUT2D eigenvalue weighted by Crippen LogP contribution is -2.50. The molecule has 3 aromatic rings. The molecule has 0 atom stereocenters. The average molecular weight is 578 g/mol. The highest BCUT2D eigenvalue weighted by atomic mass is 79.9. The summed E-state index contributed by atoms with van der Waals surface area (Å²) in [5.74, 6) is 0.619. The molecule has 0 bridgehead atoms. The highest BCUT2D eigenvalue weighted by Gasteiger charge is 2.33. The van der Waals surface area contributed by atoms with Crippen molar-refractivity contribution in [3.05, 3.63) is 97.9 Å². The Morgan fingerprint density at radius 1 is 1.00 bits per heavy atom. The van der Waals surface area contributed by atoms with E-state index in [1.807, 2.05) is 36.4 Å². The zero-order chi connectivity index (χ0) is 24.8. The highest BCUT2D eigenvalue weighted by Crippen LogP contribution is 2.29. The summed E-state index contributed by atoms with van der Waals surface area (Å²) < 4.78 is 7.11. The van der Waals surface area contributed by atoms with E-state index in [-0.39, 0.29) is 12.5 Å². The van der Waals surface area contributed by atoms with Gasteiger partial charge in [0, 0.05) is 51.8 Å². The van der Waals surface area contributed by atoms with Gasteiger partial charge in [0.25, 0.3) is 5.91 Å². The number of hydrogen-bond donors (Lipinski definition) is 2. The van der Waals surface area contributed by atoms with Gasteiger partial charge in [-0.25, -0.2) is 0 Å². The molecule has 4 rings (SSSR count). The van der Waals surface area contributed by atoms with E-state index in [1.165, 1.54) is 0 Å². The molecule has 1 amide bonds. The van der Waals surface area contributed by atoms with Crippen molar-refractivity contribution in [2.24, 2.45) is 0 Å². The number of aliphatic hydroxyl groups is 1. The van der Waals surface area contributed by atoms with Crippen molar-refractivity contribution >= 4 is 45.0 Å². The molecule has 0 unspecified atom stereocenters. The van der Waals surface area contributed by atoms with Crippen LogP contribution in [-0.4, -0.2) is 41.1 Å². The molecule has 184 valence electrons. The Morgan fingerprint density at radius 3 is 2.29 bits per heavy atom. The fourth-order valence-electron chi connectivity index (χ4n) is 4.05. The Kier molecular flexibility index (Phi) is 8.73. The molecule has 0 spiro atoms. The molecule has 1 saturated heterocycles. The second-order valence-corrected chi connectivity index (χ2v) is 10.6. The zero-order valence-electron chi connectivity index (χ0n) is 19.1. The average Bonchev–Trinajstić information content (AvgIpc) is 2.85. The molecular weight excluding hydrogens is 551 g/mol. The fraction of sp³-hybridized carbons (Fsp3) is 0.296. The van der Waals surface area contributed by atoms with Crippen LogP contribution in [0.3, 0.4) is 0 Å². The number of rotatable bonds is 8. The second kappa shape index (κ2) is 11.8. The standard InChI is InChI=1S/C27H27BrCl2N2O3/c28-22-5-10-25(35-17-19-1-6-23(29)7-2-19)21(15-22)16-32-13-11-27(34,12-14-32)18-31-26(33)20-3-8-24(30)9-4-20/h1-10,15,34H,11-14,16-18H2,(H,31,33). The maximum Gasteiger partial charge on any atom is 0.251 e. The molecule has 1 aliphatic rings. The van der Waals surface area contributed by atoms with Gasteiger partial charge >= 0.3 is 0 Å². The van der Waals surface area contributed by atoms with Crippen LogP contribution >= 0.6 is 39.1 Å². The summed E-state index contributed by atoms with van der Waals surface area (Å²) in [5, 5.41) is 15.2. The van der Waals surface area contributed by atoms with Gasteiger partial charge in [0.05, 0.1) is 5.60 Å². The van der Waals surface area contributed by atoms with Gasteiger partial charge in [-0.2, -0.15) is 0 Å². The van der Waals surface area contributed by atoms with E-state index >= 15 is 0 Å². The lowest BCUT2D eigenvalue weighted by Gasteiger charge is -2.38. The third-order valence-corrected chi connectivity index (χ3v) is 7.19. The number of benzene rings is 3. The van der Waals surface area contributed by atoms with Crippen LogP contribution in [-0.2, 0) is 13.2 Å². The number of amides is 1. The van der Waals surface area contributed by atoms with Gasteiger partial charge in [-0.15, -0.1) is 0 Å². The van der Waals surface area contributed by atoms with Crippen LogP contribution in [0.15, 0.2) is 71.2 Å². The summed E-state index contributed by atoms with van der Waals surface area (Å²) in [6, 6.07) is 20.4. The minimum absolute atomic E-state index is 0.214. The van der Waals surface area contributed by atoms with E-state index in [9.17, 15) is 9.90 Å². The van der Waals surface area contributed by atoms with Crippen molar-refractivity contribution < 1.29 is 14.6 Å². The summed E-state index contributed by atoms with van der Waals surface area (Å²) >= 11 is 15.4. The number of carbonyl (C=O) groups excluding carboxylic acids is 1. The number of hydrogen-bond acceptors (Lipinski definition) is 4.